The Kier molecular flexibility index (Phi) is 9.63. The van der Waals surface area contributed by atoms with Crippen molar-refractivity contribution >= 4 is 40.5 Å². The van der Waals surface area contributed by atoms with Gasteiger partial charge in [-0.3, -0.25) is 14.9 Å². The van der Waals surface area contributed by atoms with Crippen molar-refractivity contribution in [2.24, 2.45) is 0 Å². The van der Waals surface area contributed by atoms with Crippen molar-refractivity contribution in [2.45, 2.75) is 13.3 Å². The van der Waals surface area contributed by atoms with Crippen molar-refractivity contribution < 1.29 is 19.1 Å². The minimum atomic E-state index is -0.391. The Morgan fingerprint density at radius 1 is 0.744 bits per heavy atom. The summed E-state index contributed by atoms with van der Waals surface area (Å²) in [6.45, 7) is 2.96. The summed E-state index contributed by atoms with van der Waals surface area (Å²) in [4.78, 5) is 25.8. The third-order valence-corrected chi connectivity index (χ3v) is 5.87. The first-order valence-electron chi connectivity index (χ1n) is 12.5. The molecule has 0 unspecified atom stereocenters. The quantitative estimate of drug-likeness (QED) is 0.212. The molecule has 4 rings (SSSR count). The number of hydrogen-bond donors (Lipinski definition) is 3. The third-order valence-electron chi connectivity index (χ3n) is 5.67. The number of amides is 2. The van der Waals surface area contributed by atoms with E-state index in [2.05, 4.69) is 16.0 Å². The van der Waals surface area contributed by atoms with Gasteiger partial charge in [0.1, 0.15) is 11.5 Å². The van der Waals surface area contributed by atoms with Crippen molar-refractivity contribution in [1.29, 1.82) is 0 Å². The number of rotatable bonds is 10. The van der Waals surface area contributed by atoms with Gasteiger partial charge in [0.05, 0.1) is 24.5 Å². The molecule has 0 spiro atoms. The first-order chi connectivity index (χ1) is 19.0. The zero-order chi connectivity index (χ0) is 27.5. The molecule has 3 N–H and O–H groups in total. The van der Waals surface area contributed by atoms with Crippen LogP contribution in [0.15, 0.2) is 103 Å². The number of hydrogen-bond acceptors (Lipinski definition) is 5. The van der Waals surface area contributed by atoms with Crippen molar-refractivity contribution in [3.05, 3.63) is 120 Å². The van der Waals surface area contributed by atoms with Gasteiger partial charge in [-0.2, -0.15) is 0 Å². The van der Waals surface area contributed by atoms with Gasteiger partial charge in [-0.05, 0) is 79.3 Å². The van der Waals surface area contributed by atoms with E-state index in [1.54, 1.807) is 72.8 Å². The number of ether oxygens (including phenoxy) is 2. The van der Waals surface area contributed by atoms with Gasteiger partial charge >= 0.3 is 0 Å². The van der Waals surface area contributed by atoms with E-state index in [4.69, 9.17) is 21.7 Å². The highest BCUT2D eigenvalue weighted by molar-refractivity contribution is 7.80. The molecule has 0 aliphatic heterocycles. The molecule has 4 aromatic rings. The molecule has 0 fully saturated rings. The standard InChI is InChI=1S/C31H29N3O4S/c1-2-37-25-17-15-24(16-18-25)32-30(36)27-13-6-7-14-28(27)33-31(39)34-29(35)23-11-8-12-26(21-23)38-20-19-22-9-4-3-5-10-22/h3-18,21H,2,19-20H2,1H3,(H,32,36)(H2,33,34,35,39). The fraction of sp³-hybridized carbons (Fsp3) is 0.129. The molecule has 0 atom stereocenters. The summed E-state index contributed by atoms with van der Waals surface area (Å²) in [5.74, 6) is 0.603. The number of carbonyl (C=O) groups excluding carboxylic acids is 2. The largest absolute Gasteiger partial charge is 0.494 e. The molecule has 0 saturated heterocycles. The molecular weight excluding hydrogens is 510 g/mol. The molecule has 7 nitrogen and oxygen atoms in total. The van der Waals surface area contributed by atoms with Gasteiger partial charge in [0, 0.05) is 17.7 Å². The van der Waals surface area contributed by atoms with Gasteiger partial charge in [-0.1, -0.05) is 48.5 Å². The molecule has 0 bridgehead atoms. The molecule has 8 heteroatoms. The lowest BCUT2D eigenvalue weighted by atomic mass is 10.1. The third kappa shape index (κ3) is 8.15. The van der Waals surface area contributed by atoms with Crippen molar-refractivity contribution in [3.8, 4) is 11.5 Å². The van der Waals surface area contributed by atoms with Crippen molar-refractivity contribution in [2.75, 3.05) is 23.8 Å². The average molecular weight is 540 g/mol. The number of anilines is 2. The zero-order valence-electron chi connectivity index (χ0n) is 21.5. The van der Waals surface area contributed by atoms with E-state index < -0.39 is 5.91 Å². The highest BCUT2D eigenvalue weighted by Gasteiger charge is 2.14. The van der Waals surface area contributed by atoms with Crippen LogP contribution < -0.4 is 25.4 Å². The second-order valence-electron chi connectivity index (χ2n) is 8.48. The smallest absolute Gasteiger partial charge is 0.257 e. The molecule has 0 heterocycles. The summed E-state index contributed by atoms with van der Waals surface area (Å²) in [7, 11) is 0. The van der Waals surface area contributed by atoms with E-state index >= 15 is 0 Å². The molecule has 2 amide bonds. The van der Waals surface area contributed by atoms with E-state index in [0.29, 0.717) is 41.5 Å². The topological polar surface area (TPSA) is 88.7 Å². The van der Waals surface area contributed by atoms with Crippen LogP contribution in [-0.2, 0) is 6.42 Å². The van der Waals surface area contributed by atoms with Crippen LogP contribution in [-0.4, -0.2) is 30.1 Å². The van der Waals surface area contributed by atoms with E-state index in [1.807, 2.05) is 37.3 Å². The molecule has 0 saturated carbocycles. The minimum Gasteiger partial charge on any atom is -0.494 e. The second kappa shape index (κ2) is 13.7. The van der Waals surface area contributed by atoms with E-state index in [9.17, 15) is 9.59 Å². The van der Waals surface area contributed by atoms with E-state index in [1.165, 1.54) is 5.56 Å². The molecule has 198 valence electrons. The number of nitrogens with one attached hydrogen (secondary N) is 3. The van der Waals surface area contributed by atoms with Gasteiger partial charge in [0.25, 0.3) is 11.8 Å². The monoisotopic (exact) mass is 539 g/mol. The van der Waals surface area contributed by atoms with Gasteiger partial charge in [0.2, 0.25) is 0 Å². The Hall–Kier alpha value is -4.69. The Morgan fingerprint density at radius 3 is 2.26 bits per heavy atom. The summed E-state index contributed by atoms with van der Waals surface area (Å²) in [5, 5.41) is 8.55. The number of benzene rings is 4. The molecular formula is C31H29N3O4S. The van der Waals surface area contributed by atoms with Crippen LogP contribution in [0.4, 0.5) is 11.4 Å². The first-order valence-corrected chi connectivity index (χ1v) is 12.9. The van der Waals surface area contributed by atoms with Crippen LogP contribution in [0, 0.1) is 0 Å². The van der Waals surface area contributed by atoms with Crippen LogP contribution in [0.3, 0.4) is 0 Å². The zero-order valence-corrected chi connectivity index (χ0v) is 22.3. The van der Waals surface area contributed by atoms with Crippen LogP contribution >= 0.6 is 12.2 Å². The van der Waals surface area contributed by atoms with E-state index in [-0.39, 0.29) is 11.0 Å². The SMILES string of the molecule is CCOc1ccc(NC(=O)c2ccccc2NC(=S)NC(=O)c2cccc(OCCc3ccccc3)c2)cc1. The Morgan fingerprint density at radius 2 is 1.49 bits per heavy atom. The van der Waals surface area contributed by atoms with Crippen molar-refractivity contribution in [1.82, 2.24) is 5.32 Å². The van der Waals surface area contributed by atoms with Crippen molar-refractivity contribution in [3.63, 3.8) is 0 Å². The Labute approximate surface area is 233 Å². The first kappa shape index (κ1) is 27.3. The summed E-state index contributed by atoms with van der Waals surface area (Å²) >= 11 is 5.36. The highest BCUT2D eigenvalue weighted by Crippen LogP contribution is 2.20. The van der Waals surface area contributed by atoms with Gasteiger partial charge in [0.15, 0.2) is 5.11 Å². The molecule has 0 radical (unpaired) electrons. The van der Waals surface area contributed by atoms with Gasteiger partial charge in [-0.15, -0.1) is 0 Å². The van der Waals surface area contributed by atoms with E-state index in [0.717, 1.165) is 12.2 Å². The molecule has 0 aliphatic carbocycles. The molecule has 0 aliphatic rings. The molecule has 0 aromatic heterocycles. The lowest BCUT2D eigenvalue weighted by molar-refractivity contribution is 0.0976. The van der Waals surface area contributed by atoms with Crippen LogP contribution in [0.2, 0.25) is 0 Å². The maximum Gasteiger partial charge on any atom is 0.257 e. The lowest BCUT2D eigenvalue weighted by Crippen LogP contribution is -2.34. The summed E-state index contributed by atoms with van der Waals surface area (Å²) in [6.07, 6.45) is 0.761. The lowest BCUT2D eigenvalue weighted by Gasteiger charge is -2.14. The highest BCUT2D eigenvalue weighted by atomic mass is 32.1. The average Bonchev–Trinajstić information content (AvgIpc) is 2.95. The van der Waals surface area contributed by atoms with Crippen LogP contribution in [0.5, 0.6) is 11.5 Å². The van der Waals surface area contributed by atoms with Gasteiger partial charge < -0.3 is 20.1 Å². The maximum absolute atomic E-state index is 13.0. The number of carbonyl (C=O) groups is 2. The molecule has 4 aromatic carbocycles. The van der Waals surface area contributed by atoms with Crippen LogP contribution in [0.1, 0.15) is 33.2 Å². The maximum atomic E-state index is 13.0. The molecule has 39 heavy (non-hydrogen) atoms. The summed E-state index contributed by atoms with van der Waals surface area (Å²) < 4.78 is 11.3. The number of thiocarbonyl (C=S) groups is 1. The second-order valence-corrected chi connectivity index (χ2v) is 8.89. The fourth-order valence-corrected chi connectivity index (χ4v) is 3.98. The Balaban J connectivity index is 1.33. The predicted molar refractivity (Wildman–Crippen MR) is 158 cm³/mol. The van der Waals surface area contributed by atoms with Crippen LogP contribution in [0.25, 0.3) is 0 Å². The minimum absolute atomic E-state index is 0.0664. The van der Waals surface area contributed by atoms with Gasteiger partial charge in [-0.25, -0.2) is 0 Å². The Bertz CT molecular complexity index is 1430. The summed E-state index contributed by atoms with van der Waals surface area (Å²) in [5.41, 5.74) is 3.04. The number of para-hydroxylation sites is 1. The summed E-state index contributed by atoms with van der Waals surface area (Å²) in [6, 6.07) is 31.0. The normalized spacial score (nSPS) is 10.3. The fourth-order valence-electron chi connectivity index (χ4n) is 3.78. The predicted octanol–water partition coefficient (Wildman–Crippen LogP) is 6.09.